The van der Waals surface area contributed by atoms with Gasteiger partial charge in [0.25, 0.3) is 0 Å². The molecule has 0 heterocycles. The molecule has 0 spiro atoms. The van der Waals surface area contributed by atoms with Crippen LogP contribution in [0.4, 0.5) is 0 Å². The molecule has 126 valence electrons. The largest absolute Gasteiger partial charge is 0.312 e. The Morgan fingerprint density at radius 3 is 2.17 bits per heavy atom. The van der Waals surface area contributed by atoms with Crippen molar-refractivity contribution < 1.29 is 0 Å². The summed E-state index contributed by atoms with van der Waals surface area (Å²) in [6.07, 6.45) is 8.54. The van der Waals surface area contributed by atoms with Crippen LogP contribution < -0.4 is 5.32 Å². The molecular formula is C21H30ClN. The first-order valence-corrected chi connectivity index (χ1v) is 9.81. The molecule has 2 heteroatoms. The van der Waals surface area contributed by atoms with E-state index in [1.807, 2.05) is 0 Å². The van der Waals surface area contributed by atoms with Gasteiger partial charge in [-0.05, 0) is 85.8 Å². The zero-order chi connectivity index (χ0) is 16.2. The summed E-state index contributed by atoms with van der Waals surface area (Å²) in [5.74, 6) is 1.87. The standard InChI is InChI=1S/C21H30ClN/c1-14(2)23-15(3)20-9-16-8-17(10-20)12-21(11-16,13-20)18-4-6-19(22)7-5-18/h4-7,14-17,23H,8-13H2,1-3H3/t15-,16-,17+,20?,21?/m1/s1. The van der Waals surface area contributed by atoms with Crippen molar-refractivity contribution in [2.45, 2.75) is 76.8 Å². The van der Waals surface area contributed by atoms with Gasteiger partial charge in [0.1, 0.15) is 0 Å². The third kappa shape index (κ3) is 2.65. The van der Waals surface area contributed by atoms with Gasteiger partial charge in [-0.15, -0.1) is 0 Å². The van der Waals surface area contributed by atoms with Crippen LogP contribution in [0.5, 0.6) is 0 Å². The molecule has 23 heavy (non-hydrogen) atoms. The monoisotopic (exact) mass is 331 g/mol. The lowest BCUT2D eigenvalue weighted by Crippen LogP contribution is -2.60. The number of benzene rings is 1. The Kier molecular flexibility index (Phi) is 3.81. The van der Waals surface area contributed by atoms with E-state index in [-0.39, 0.29) is 0 Å². The topological polar surface area (TPSA) is 12.0 Å². The number of halogens is 1. The Labute approximate surface area is 146 Å². The molecule has 4 fully saturated rings. The van der Waals surface area contributed by atoms with Crippen molar-refractivity contribution >= 4 is 11.6 Å². The fraction of sp³-hybridized carbons (Fsp3) is 0.714. The molecule has 5 atom stereocenters. The second-order valence-electron chi connectivity index (χ2n) is 9.15. The van der Waals surface area contributed by atoms with Crippen molar-refractivity contribution in [3.8, 4) is 0 Å². The van der Waals surface area contributed by atoms with Gasteiger partial charge in [-0.1, -0.05) is 37.6 Å². The molecule has 4 aliphatic carbocycles. The van der Waals surface area contributed by atoms with E-state index in [1.165, 1.54) is 38.5 Å². The highest BCUT2D eigenvalue weighted by Gasteiger charge is 2.59. The van der Waals surface area contributed by atoms with Crippen molar-refractivity contribution in [1.29, 1.82) is 0 Å². The molecule has 5 rings (SSSR count). The lowest BCUT2D eigenvalue weighted by atomic mass is 9.41. The summed E-state index contributed by atoms with van der Waals surface area (Å²) >= 11 is 6.14. The summed E-state index contributed by atoms with van der Waals surface area (Å²) in [5.41, 5.74) is 2.48. The van der Waals surface area contributed by atoms with Crippen LogP contribution in [0, 0.1) is 17.3 Å². The van der Waals surface area contributed by atoms with Crippen molar-refractivity contribution in [2.24, 2.45) is 17.3 Å². The van der Waals surface area contributed by atoms with Crippen LogP contribution in [0.15, 0.2) is 24.3 Å². The van der Waals surface area contributed by atoms with E-state index in [4.69, 9.17) is 11.6 Å². The van der Waals surface area contributed by atoms with Crippen LogP contribution in [0.1, 0.15) is 64.9 Å². The summed E-state index contributed by atoms with van der Waals surface area (Å²) in [5, 5.41) is 4.72. The average molecular weight is 332 g/mol. The van der Waals surface area contributed by atoms with Gasteiger partial charge in [0.15, 0.2) is 0 Å². The third-order valence-corrected chi connectivity index (χ3v) is 7.32. The highest BCUT2D eigenvalue weighted by Crippen LogP contribution is 2.66. The Hall–Kier alpha value is -0.530. The van der Waals surface area contributed by atoms with E-state index in [0.717, 1.165) is 16.9 Å². The van der Waals surface area contributed by atoms with Crippen molar-refractivity contribution in [3.63, 3.8) is 0 Å². The van der Waals surface area contributed by atoms with E-state index >= 15 is 0 Å². The van der Waals surface area contributed by atoms with Gasteiger partial charge >= 0.3 is 0 Å². The molecule has 4 bridgehead atoms. The summed E-state index contributed by atoms with van der Waals surface area (Å²) < 4.78 is 0. The molecule has 2 unspecified atom stereocenters. The number of rotatable bonds is 4. The first kappa shape index (κ1) is 16.0. The zero-order valence-electron chi connectivity index (χ0n) is 14.7. The molecule has 0 aliphatic heterocycles. The predicted octanol–water partition coefficient (Wildman–Crippen LogP) is 5.56. The average Bonchev–Trinajstić information content (AvgIpc) is 2.45. The van der Waals surface area contributed by atoms with E-state index < -0.39 is 0 Å². The lowest BCUT2D eigenvalue weighted by molar-refractivity contribution is -0.0891. The molecular weight excluding hydrogens is 302 g/mol. The second-order valence-corrected chi connectivity index (χ2v) is 9.59. The van der Waals surface area contributed by atoms with Crippen molar-refractivity contribution in [2.75, 3.05) is 0 Å². The maximum Gasteiger partial charge on any atom is 0.0406 e. The molecule has 1 N–H and O–H groups in total. The quantitative estimate of drug-likeness (QED) is 0.761. The minimum Gasteiger partial charge on any atom is -0.312 e. The van der Waals surface area contributed by atoms with Gasteiger partial charge in [-0.3, -0.25) is 0 Å². The van der Waals surface area contributed by atoms with Crippen LogP contribution in [-0.2, 0) is 5.41 Å². The maximum absolute atomic E-state index is 6.14. The van der Waals surface area contributed by atoms with Gasteiger partial charge in [-0.25, -0.2) is 0 Å². The molecule has 4 aliphatic rings. The Morgan fingerprint density at radius 1 is 1.00 bits per heavy atom. The van der Waals surface area contributed by atoms with E-state index in [2.05, 4.69) is 50.4 Å². The molecule has 1 aromatic carbocycles. The first-order valence-electron chi connectivity index (χ1n) is 9.43. The Bertz CT molecular complexity index is 562. The van der Waals surface area contributed by atoms with Crippen LogP contribution in [0.3, 0.4) is 0 Å². The van der Waals surface area contributed by atoms with E-state index in [1.54, 1.807) is 5.56 Å². The zero-order valence-corrected chi connectivity index (χ0v) is 15.5. The van der Waals surface area contributed by atoms with E-state index in [9.17, 15) is 0 Å². The van der Waals surface area contributed by atoms with Crippen molar-refractivity contribution in [3.05, 3.63) is 34.9 Å². The molecule has 0 saturated heterocycles. The molecule has 0 amide bonds. The number of hydrogen-bond donors (Lipinski definition) is 1. The summed E-state index contributed by atoms with van der Waals surface area (Å²) in [4.78, 5) is 0. The van der Waals surface area contributed by atoms with Gasteiger partial charge in [-0.2, -0.15) is 0 Å². The fourth-order valence-corrected chi connectivity index (χ4v) is 6.78. The van der Waals surface area contributed by atoms with Gasteiger partial charge in [0.2, 0.25) is 0 Å². The lowest BCUT2D eigenvalue weighted by Gasteiger charge is -2.64. The molecule has 0 aromatic heterocycles. The normalized spacial score (nSPS) is 39.9. The minimum absolute atomic E-state index is 0.418. The second kappa shape index (κ2) is 5.49. The van der Waals surface area contributed by atoms with Crippen LogP contribution >= 0.6 is 11.6 Å². The Balaban J connectivity index is 1.69. The van der Waals surface area contributed by atoms with E-state index in [0.29, 0.717) is 22.9 Å². The Morgan fingerprint density at radius 2 is 1.61 bits per heavy atom. The predicted molar refractivity (Wildman–Crippen MR) is 98.0 cm³/mol. The SMILES string of the molecule is CC(C)N[C@H](C)C12C[C@@H]3C[C@@H](CC(c4ccc(Cl)cc4)(C3)C1)C2. The fourth-order valence-electron chi connectivity index (χ4n) is 6.66. The highest BCUT2D eigenvalue weighted by molar-refractivity contribution is 6.30. The summed E-state index contributed by atoms with van der Waals surface area (Å²) in [6, 6.07) is 10.0. The molecule has 4 saturated carbocycles. The van der Waals surface area contributed by atoms with Gasteiger partial charge in [0, 0.05) is 17.1 Å². The van der Waals surface area contributed by atoms with Gasteiger partial charge < -0.3 is 5.32 Å². The summed E-state index contributed by atoms with van der Waals surface area (Å²) in [7, 11) is 0. The minimum atomic E-state index is 0.418. The summed E-state index contributed by atoms with van der Waals surface area (Å²) in [6.45, 7) is 7.01. The maximum atomic E-state index is 6.14. The first-order chi connectivity index (χ1) is 10.9. The molecule has 1 nitrogen and oxygen atoms in total. The number of nitrogens with one attached hydrogen (secondary N) is 1. The molecule has 1 aromatic rings. The number of hydrogen-bond acceptors (Lipinski definition) is 1. The highest BCUT2D eigenvalue weighted by atomic mass is 35.5. The third-order valence-electron chi connectivity index (χ3n) is 7.06. The van der Waals surface area contributed by atoms with Gasteiger partial charge in [0.05, 0.1) is 0 Å². The smallest absolute Gasteiger partial charge is 0.0406 e. The van der Waals surface area contributed by atoms with Crippen LogP contribution in [0.25, 0.3) is 0 Å². The van der Waals surface area contributed by atoms with Crippen LogP contribution in [-0.4, -0.2) is 12.1 Å². The molecule has 0 radical (unpaired) electrons. The van der Waals surface area contributed by atoms with Crippen molar-refractivity contribution in [1.82, 2.24) is 5.32 Å². The van der Waals surface area contributed by atoms with Crippen LogP contribution in [0.2, 0.25) is 5.02 Å².